The van der Waals surface area contributed by atoms with Gasteiger partial charge in [0.15, 0.2) is 5.76 Å². The molecule has 2 N–H and O–H groups in total. The van der Waals surface area contributed by atoms with Crippen molar-refractivity contribution in [3.05, 3.63) is 73.0 Å². The van der Waals surface area contributed by atoms with Crippen molar-refractivity contribution < 1.29 is 9.21 Å². The summed E-state index contributed by atoms with van der Waals surface area (Å²) in [5, 5.41) is 6.91. The van der Waals surface area contributed by atoms with E-state index in [0.29, 0.717) is 30.3 Å². The van der Waals surface area contributed by atoms with Crippen LogP contribution in [0, 0.1) is 0 Å². The number of rotatable bonds is 6. The fraction of sp³-hybridized carbons (Fsp3) is 0.105. The number of nitrogens with zero attached hydrogens (tertiary/aromatic N) is 3. The van der Waals surface area contributed by atoms with E-state index in [1.807, 2.05) is 59.4 Å². The van der Waals surface area contributed by atoms with Crippen molar-refractivity contribution in [3.8, 4) is 5.82 Å². The van der Waals surface area contributed by atoms with E-state index in [0.717, 1.165) is 11.2 Å². The molecule has 0 atom stereocenters. The molecule has 130 valence electrons. The zero-order valence-corrected chi connectivity index (χ0v) is 13.9. The second-order valence-electron chi connectivity index (χ2n) is 5.68. The Bertz CT molecular complexity index is 990. The molecule has 0 bridgehead atoms. The largest absolute Gasteiger partial charge is 0.451 e. The Hall–Kier alpha value is -3.61. The normalized spacial score (nSPS) is 10.8. The van der Waals surface area contributed by atoms with E-state index in [1.54, 1.807) is 6.07 Å². The van der Waals surface area contributed by atoms with Crippen LogP contribution in [0.15, 0.2) is 71.7 Å². The molecule has 0 spiro atoms. The summed E-state index contributed by atoms with van der Waals surface area (Å²) in [6, 6.07) is 15.0. The summed E-state index contributed by atoms with van der Waals surface area (Å²) < 4.78 is 7.45. The molecular formula is C19H17N5O2. The first-order chi connectivity index (χ1) is 12.8. The van der Waals surface area contributed by atoms with Crippen LogP contribution in [-0.4, -0.2) is 33.5 Å². The van der Waals surface area contributed by atoms with Gasteiger partial charge in [0.2, 0.25) is 0 Å². The van der Waals surface area contributed by atoms with E-state index >= 15 is 0 Å². The molecule has 7 nitrogen and oxygen atoms in total. The molecule has 0 unspecified atom stereocenters. The number of hydrogen-bond acceptors (Lipinski definition) is 5. The van der Waals surface area contributed by atoms with Crippen molar-refractivity contribution in [2.75, 3.05) is 18.4 Å². The number of benzene rings is 1. The molecule has 0 saturated heterocycles. The van der Waals surface area contributed by atoms with Gasteiger partial charge in [-0.15, -0.1) is 0 Å². The minimum Gasteiger partial charge on any atom is -0.451 e. The highest BCUT2D eigenvalue weighted by atomic mass is 16.3. The summed E-state index contributed by atoms with van der Waals surface area (Å²) in [7, 11) is 0. The Morgan fingerprint density at radius 1 is 1.04 bits per heavy atom. The molecule has 0 radical (unpaired) electrons. The standard InChI is InChI=1S/C19H17N5O2/c25-19(16-11-14-5-1-2-6-15(14)26-16)21-8-7-20-17-12-18(23-13-22-17)24-9-3-4-10-24/h1-6,9-13H,7-8H2,(H,21,25)(H,20,22,23). The highest BCUT2D eigenvalue weighted by molar-refractivity contribution is 5.96. The smallest absolute Gasteiger partial charge is 0.287 e. The maximum atomic E-state index is 12.2. The van der Waals surface area contributed by atoms with Crippen molar-refractivity contribution in [2.45, 2.75) is 0 Å². The first-order valence-electron chi connectivity index (χ1n) is 8.26. The quantitative estimate of drug-likeness (QED) is 0.524. The molecular weight excluding hydrogens is 330 g/mol. The number of anilines is 1. The molecule has 3 aromatic heterocycles. The van der Waals surface area contributed by atoms with Gasteiger partial charge in [-0.25, -0.2) is 9.97 Å². The van der Waals surface area contributed by atoms with Gasteiger partial charge >= 0.3 is 0 Å². The number of aromatic nitrogens is 3. The van der Waals surface area contributed by atoms with Gasteiger partial charge in [0, 0.05) is 36.9 Å². The number of fused-ring (bicyclic) bond motifs is 1. The molecule has 4 rings (SSSR count). The number of para-hydroxylation sites is 1. The van der Waals surface area contributed by atoms with Crippen LogP contribution in [0.25, 0.3) is 16.8 Å². The maximum Gasteiger partial charge on any atom is 0.287 e. The monoisotopic (exact) mass is 347 g/mol. The summed E-state index contributed by atoms with van der Waals surface area (Å²) in [5.74, 6) is 1.54. The van der Waals surface area contributed by atoms with Gasteiger partial charge in [0.1, 0.15) is 23.5 Å². The third-order valence-electron chi connectivity index (χ3n) is 3.89. The van der Waals surface area contributed by atoms with Crippen molar-refractivity contribution >= 4 is 22.7 Å². The summed E-state index contributed by atoms with van der Waals surface area (Å²) in [6.07, 6.45) is 5.34. The van der Waals surface area contributed by atoms with Crippen LogP contribution in [0.1, 0.15) is 10.6 Å². The number of amides is 1. The number of nitrogens with one attached hydrogen (secondary N) is 2. The van der Waals surface area contributed by atoms with Gasteiger partial charge in [-0.2, -0.15) is 0 Å². The topological polar surface area (TPSA) is 85.0 Å². The molecule has 1 aromatic carbocycles. The van der Waals surface area contributed by atoms with E-state index in [4.69, 9.17) is 4.42 Å². The first-order valence-corrected chi connectivity index (χ1v) is 8.26. The molecule has 7 heteroatoms. The predicted molar refractivity (Wildman–Crippen MR) is 98.4 cm³/mol. The highest BCUT2D eigenvalue weighted by Crippen LogP contribution is 2.18. The molecule has 1 amide bonds. The van der Waals surface area contributed by atoms with Crippen molar-refractivity contribution in [2.24, 2.45) is 0 Å². The van der Waals surface area contributed by atoms with Gasteiger partial charge in [-0.3, -0.25) is 4.79 Å². The summed E-state index contributed by atoms with van der Waals surface area (Å²) in [4.78, 5) is 20.6. The lowest BCUT2D eigenvalue weighted by atomic mass is 10.2. The number of carbonyl (C=O) groups excluding carboxylic acids is 1. The molecule has 3 heterocycles. The van der Waals surface area contributed by atoms with Gasteiger partial charge < -0.3 is 19.6 Å². The molecule has 0 aliphatic rings. The lowest BCUT2D eigenvalue weighted by molar-refractivity contribution is 0.0929. The Balaban J connectivity index is 1.31. The van der Waals surface area contributed by atoms with Crippen LogP contribution in [0.2, 0.25) is 0 Å². The summed E-state index contributed by atoms with van der Waals surface area (Å²) >= 11 is 0. The molecule has 0 aliphatic heterocycles. The van der Waals surface area contributed by atoms with Crippen molar-refractivity contribution in [1.82, 2.24) is 19.9 Å². The summed E-state index contributed by atoms with van der Waals surface area (Å²) in [6.45, 7) is 0.979. The van der Waals surface area contributed by atoms with E-state index in [2.05, 4.69) is 20.6 Å². The first kappa shape index (κ1) is 15.9. The van der Waals surface area contributed by atoms with E-state index in [9.17, 15) is 4.79 Å². The molecule has 26 heavy (non-hydrogen) atoms. The Kier molecular flexibility index (Phi) is 4.34. The van der Waals surface area contributed by atoms with Gasteiger partial charge in [0.25, 0.3) is 5.91 Å². The Morgan fingerprint density at radius 3 is 2.73 bits per heavy atom. The number of carbonyl (C=O) groups is 1. The number of hydrogen-bond donors (Lipinski definition) is 2. The zero-order valence-electron chi connectivity index (χ0n) is 13.9. The molecule has 0 fully saturated rings. The van der Waals surface area contributed by atoms with Crippen LogP contribution in [0.5, 0.6) is 0 Å². The second kappa shape index (κ2) is 7.10. The maximum absolute atomic E-state index is 12.2. The summed E-state index contributed by atoms with van der Waals surface area (Å²) in [5.41, 5.74) is 0.703. The van der Waals surface area contributed by atoms with E-state index < -0.39 is 0 Å². The SMILES string of the molecule is O=C(NCCNc1cc(-n2cccc2)ncn1)c1cc2ccccc2o1. The minimum absolute atomic E-state index is 0.237. The average Bonchev–Trinajstić information content (AvgIpc) is 3.35. The zero-order chi connectivity index (χ0) is 17.8. The minimum atomic E-state index is -0.237. The third kappa shape index (κ3) is 3.41. The van der Waals surface area contributed by atoms with E-state index in [-0.39, 0.29) is 5.91 Å². The van der Waals surface area contributed by atoms with Crippen LogP contribution < -0.4 is 10.6 Å². The molecule has 4 aromatic rings. The lowest BCUT2D eigenvalue weighted by Crippen LogP contribution is -2.28. The Labute approximate surface area is 149 Å². The lowest BCUT2D eigenvalue weighted by Gasteiger charge is -2.08. The highest BCUT2D eigenvalue weighted by Gasteiger charge is 2.11. The van der Waals surface area contributed by atoms with Crippen molar-refractivity contribution in [1.29, 1.82) is 0 Å². The number of furan rings is 1. The average molecular weight is 347 g/mol. The molecule has 0 saturated carbocycles. The predicted octanol–water partition coefficient (Wildman–Crippen LogP) is 2.86. The van der Waals surface area contributed by atoms with Crippen LogP contribution >= 0.6 is 0 Å². The van der Waals surface area contributed by atoms with Gasteiger partial charge in [-0.05, 0) is 24.3 Å². The van der Waals surface area contributed by atoms with Crippen LogP contribution in [0.4, 0.5) is 5.82 Å². The van der Waals surface area contributed by atoms with Gasteiger partial charge in [-0.1, -0.05) is 18.2 Å². The van der Waals surface area contributed by atoms with Gasteiger partial charge in [0.05, 0.1) is 0 Å². The van der Waals surface area contributed by atoms with Crippen LogP contribution in [0.3, 0.4) is 0 Å². The van der Waals surface area contributed by atoms with Crippen LogP contribution in [-0.2, 0) is 0 Å². The fourth-order valence-electron chi connectivity index (χ4n) is 2.62. The van der Waals surface area contributed by atoms with E-state index in [1.165, 1.54) is 6.33 Å². The Morgan fingerprint density at radius 2 is 1.88 bits per heavy atom. The fourth-order valence-corrected chi connectivity index (χ4v) is 2.62. The van der Waals surface area contributed by atoms with Crippen molar-refractivity contribution in [3.63, 3.8) is 0 Å². The second-order valence-corrected chi connectivity index (χ2v) is 5.68. The third-order valence-corrected chi connectivity index (χ3v) is 3.89. The molecule has 0 aliphatic carbocycles.